The SMILES string of the molecule is C[C@H]1CN(C(=O)/C=C/CN2CCOCC2)CCN1I. The second kappa shape index (κ2) is 7.56. The van der Waals surface area contributed by atoms with Gasteiger partial charge >= 0.3 is 0 Å². The summed E-state index contributed by atoms with van der Waals surface area (Å²) in [5.74, 6) is 0.143. The summed E-state index contributed by atoms with van der Waals surface area (Å²) < 4.78 is 7.56. The highest BCUT2D eigenvalue weighted by atomic mass is 127. The minimum atomic E-state index is 0.143. The third kappa shape index (κ3) is 4.70. The van der Waals surface area contributed by atoms with Gasteiger partial charge in [0, 0.05) is 74.3 Å². The number of carbonyl (C=O) groups excluding carboxylic acids is 1. The van der Waals surface area contributed by atoms with E-state index in [1.54, 1.807) is 6.08 Å². The van der Waals surface area contributed by atoms with Crippen molar-refractivity contribution >= 4 is 28.8 Å². The van der Waals surface area contributed by atoms with Gasteiger partial charge in [-0.25, -0.2) is 3.11 Å². The van der Waals surface area contributed by atoms with Crippen molar-refractivity contribution in [3.63, 3.8) is 0 Å². The quantitative estimate of drug-likeness (QED) is 0.412. The highest BCUT2D eigenvalue weighted by Crippen LogP contribution is 2.13. The van der Waals surface area contributed by atoms with Gasteiger partial charge in [-0.3, -0.25) is 9.69 Å². The highest BCUT2D eigenvalue weighted by Gasteiger charge is 2.23. The highest BCUT2D eigenvalue weighted by molar-refractivity contribution is 14.1. The van der Waals surface area contributed by atoms with E-state index in [1.165, 1.54) is 0 Å². The Hall–Kier alpha value is -0.180. The molecule has 0 saturated carbocycles. The van der Waals surface area contributed by atoms with Crippen molar-refractivity contribution in [2.45, 2.75) is 13.0 Å². The van der Waals surface area contributed by atoms with E-state index in [2.05, 4.69) is 37.8 Å². The zero-order valence-electron chi connectivity index (χ0n) is 11.4. The van der Waals surface area contributed by atoms with Gasteiger partial charge in [-0.05, 0) is 6.92 Å². The maximum Gasteiger partial charge on any atom is 0.246 e. The van der Waals surface area contributed by atoms with E-state index in [0.29, 0.717) is 6.04 Å². The number of piperazine rings is 1. The minimum Gasteiger partial charge on any atom is -0.379 e. The lowest BCUT2D eigenvalue weighted by molar-refractivity contribution is -0.127. The van der Waals surface area contributed by atoms with Gasteiger partial charge in [-0.1, -0.05) is 6.08 Å². The van der Waals surface area contributed by atoms with Gasteiger partial charge in [-0.2, -0.15) is 0 Å². The summed E-state index contributed by atoms with van der Waals surface area (Å²) in [6, 6.07) is 0.436. The van der Waals surface area contributed by atoms with Gasteiger partial charge in [-0.15, -0.1) is 0 Å². The van der Waals surface area contributed by atoms with E-state index in [9.17, 15) is 4.79 Å². The molecular formula is C13H22IN3O2. The fourth-order valence-corrected chi connectivity index (χ4v) is 2.72. The van der Waals surface area contributed by atoms with Crippen molar-refractivity contribution in [1.29, 1.82) is 0 Å². The molecule has 5 nitrogen and oxygen atoms in total. The molecule has 1 amide bonds. The Morgan fingerprint density at radius 1 is 1.32 bits per heavy atom. The lowest BCUT2D eigenvalue weighted by Crippen LogP contribution is -2.49. The van der Waals surface area contributed by atoms with Crippen molar-refractivity contribution in [2.24, 2.45) is 0 Å². The van der Waals surface area contributed by atoms with Crippen molar-refractivity contribution in [3.05, 3.63) is 12.2 Å². The molecule has 2 heterocycles. The van der Waals surface area contributed by atoms with Gasteiger partial charge in [0.2, 0.25) is 5.91 Å². The molecule has 0 aromatic carbocycles. The number of rotatable bonds is 3. The van der Waals surface area contributed by atoms with Gasteiger partial charge in [0.15, 0.2) is 0 Å². The minimum absolute atomic E-state index is 0.143. The van der Waals surface area contributed by atoms with Crippen LogP contribution < -0.4 is 0 Å². The van der Waals surface area contributed by atoms with Crippen LogP contribution in [0.15, 0.2) is 12.2 Å². The molecule has 0 aliphatic carbocycles. The summed E-state index contributed by atoms with van der Waals surface area (Å²) in [5.41, 5.74) is 0. The van der Waals surface area contributed by atoms with Crippen LogP contribution in [0.25, 0.3) is 0 Å². The molecule has 0 unspecified atom stereocenters. The first-order valence-corrected chi connectivity index (χ1v) is 7.81. The van der Waals surface area contributed by atoms with Crippen LogP contribution in [0.3, 0.4) is 0 Å². The maximum absolute atomic E-state index is 12.1. The topological polar surface area (TPSA) is 36.0 Å². The van der Waals surface area contributed by atoms with E-state index in [-0.39, 0.29) is 5.91 Å². The summed E-state index contributed by atoms with van der Waals surface area (Å²) >= 11 is 2.33. The number of ether oxygens (including phenoxy) is 1. The van der Waals surface area contributed by atoms with Crippen molar-refractivity contribution in [2.75, 3.05) is 52.5 Å². The number of morpholine rings is 1. The molecule has 2 saturated heterocycles. The molecule has 0 N–H and O–H groups in total. The van der Waals surface area contributed by atoms with E-state index >= 15 is 0 Å². The Morgan fingerprint density at radius 2 is 2.05 bits per heavy atom. The van der Waals surface area contributed by atoms with Crippen LogP contribution >= 0.6 is 22.9 Å². The summed E-state index contributed by atoms with van der Waals surface area (Å²) in [4.78, 5) is 16.3. The Morgan fingerprint density at radius 3 is 2.74 bits per heavy atom. The number of hydrogen-bond acceptors (Lipinski definition) is 4. The molecule has 0 aromatic rings. The van der Waals surface area contributed by atoms with Crippen LogP contribution in [0, 0.1) is 0 Å². The molecule has 0 radical (unpaired) electrons. The smallest absolute Gasteiger partial charge is 0.246 e. The van der Waals surface area contributed by atoms with Crippen LogP contribution in [-0.4, -0.2) is 77.3 Å². The second-order valence-electron chi connectivity index (χ2n) is 5.07. The predicted octanol–water partition coefficient (Wildman–Crippen LogP) is 0.757. The summed E-state index contributed by atoms with van der Waals surface area (Å²) in [6.45, 7) is 9.13. The molecule has 2 fully saturated rings. The van der Waals surface area contributed by atoms with Crippen LogP contribution in [0.5, 0.6) is 0 Å². The van der Waals surface area contributed by atoms with Crippen molar-refractivity contribution in [3.8, 4) is 0 Å². The average Bonchev–Trinajstić information content (AvgIpc) is 2.43. The maximum atomic E-state index is 12.1. The molecule has 0 spiro atoms. The molecule has 0 bridgehead atoms. The molecule has 0 aromatic heterocycles. The lowest BCUT2D eigenvalue weighted by atomic mass is 10.2. The van der Waals surface area contributed by atoms with Crippen LogP contribution in [0.2, 0.25) is 0 Å². The zero-order chi connectivity index (χ0) is 13.7. The Labute approximate surface area is 129 Å². The fraction of sp³-hybridized carbons (Fsp3) is 0.769. The van der Waals surface area contributed by atoms with Gasteiger partial charge in [0.05, 0.1) is 13.2 Å². The zero-order valence-corrected chi connectivity index (χ0v) is 13.6. The molecule has 2 aliphatic heterocycles. The molecule has 19 heavy (non-hydrogen) atoms. The van der Waals surface area contributed by atoms with Crippen LogP contribution in [0.1, 0.15) is 6.92 Å². The first kappa shape index (κ1) is 15.2. The standard InChI is InChI=1S/C13H22IN3O2/c1-12-11-16(5-6-17(12)14)13(18)3-2-4-15-7-9-19-10-8-15/h2-3,12H,4-11H2,1H3/b3-2+/t12-/m0/s1. The normalized spacial score (nSPS) is 27.1. The Kier molecular flexibility index (Phi) is 6.06. The number of amides is 1. The number of hydrogen-bond donors (Lipinski definition) is 0. The first-order chi connectivity index (χ1) is 9.16. The van der Waals surface area contributed by atoms with E-state index < -0.39 is 0 Å². The summed E-state index contributed by atoms with van der Waals surface area (Å²) in [7, 11) is 0. The predicted molar refractivity (Wildman–Crippen MR) is 83.2 cm³/mol. The molecule has 108 valence electrons. The van der Waals surface area contributed by atoms with Crippen molar-refractivity contribution < 1.29 is 9.53 Å². The molecule has 1 atom stereocenters. The first-order valence-electron chi connectivity index (χ1n) is 6.85. The van der Waals surface area contributed by atoms with Crippen LogP contribution in [-0.2, 0) is 9.53 Å². The second-order valence-corrected chi connectivity index (χ2v) is 6.31. The molecule has 2 rings (SSSR count). The van der Waals surface area contributed by atoms with Gasteiger partial charge in [0.1, 0.15) is 0 Å². The summed E-state index contributed by atoms with van der Waals surface area (Å²) in [5, 5.41) is 0. The largest absolute Gasteiger partial charge is 0.379 e. The Balaban J connectivity index is 1.73. The molecule has 2 aliphatic rings. The van der Waals surface area contributed by atoms with Gasteiger partial charge in [0.25, 0.3) is 0 Å². The number of nitrogens with zero attached hydrogens (tertiary/aromatic N) is 3. The number of halogens is 1. The van der Waals surface area contributed by atoms with Crippen LogP contribution in [0.4, 0.5) is 0 Å². The lowest BCUT2D eigenvalue weighted by Gasteiger charge is -2.35. The molecule has 6 heteroatoms. The third-order valence-electron chi connectivity index (χ3n) is 3.59. The monoisotopic (exact) mass is 379 g/mol. The van der Waals surface area contributed by atoms with E-state index in [0.717, 1.165) is 52.5 Å². The molecular weight excluding hydrogens is 357 g/mol. The summed E-state index contributed by atoms with van der Waals surface area (Å²) in [6.07, 6.45) is 3.71. The Bertz CT molecular complexity index is 332. The number of carbonyl (C=O) groups is 1. The van der Waals surface area contributed by atoms with Crippen molar-refractivity contribution in [1.82, 2.24) is 12.9 Å². The third-order valence-corrected chi connectivity index (χ3v) is 5.02. The van der Waals surface area contributed by atoms with Gasteiger partial charge < -0.3 is 9.64 Å². The fourth-order valence-electron chi connectivity index (χ4n) is 2.33. The van der Waals surface area contributed by atoms with E-state index in [1.807, 2.05) is 11.0 Å². The average molecular weight is 379 g/mol. The van der Waals surface area contributed by atoms with E-state index in [4.69, 9.17) is 4.74 Å².